The summed E-state index contributed by atoms with van der Waals surface area (Å²) in [6.45, 7) is 4.74. The van der Waals surface area contributed by atoms with Gasteiger partial charge in [-0.25, -0.2) is 13.4 Å². The molecular weight excluding hydrogens is 430 g/mol. The Kier molecular flexibility index (Phi) is 6.89. The number of nitrogens with one attached hydrogen (secondary N) is 1. The molecule has 1 amide bonds. The number of carbonyl (C=O) groups excluding carboxylic acids is 1. The SMILES string of the molecule is CCCCN(CC)S(=O)(=O)c1ccc(C(=O)Nc2nc3ccc(Cl)cc3s2)cc1. The molecule has 29 heavy (non-hydrogen) atoms. The van der Waals surface area contributed by atoms with Gasteiger partial charge < -0.3 is 0 Å². The highest BCUT2D eigenvalue weighted by atomic mass is 35.5. The summed E-state index contributed by atoms with van der Waals surface area (Å²) in [5, 5.41) is 3.82. The molecule has 0 radical (unpaired) electrons. The molecule has 0 saturated carbocycles. The summed E-state index contributed by atoms with van der Waals surface area (Å²) < 4.78 is 27.9. The molecule has 2 aromatic carbocycles. The smallest absolute Gasteiger partial charge is 0.257 e. The molecule has 1 heterocycles. The molecule has 154 valence electrons. The van der Waals surface area contributed by atoms with Crippen molar-refractivity contribution in [2.24, 2.45) is 0 Å². The molecule has 0 aliphatic carbocycles. The molecule has 0 spiro atoms. The first-order valence-corrected chi connectivity index (χ1v) is 12.0. The molecule has 0 atom stereocenters. The van der Waals surface area contributed by atoms with Gasteiger partial charge in [0.2, 0.25) is 10.0 Å². The third-order valence-electron chi connectivity index (χ3n) is 4.44. The minimum atomic E-state index is -3.57. The molecule has 0 aliphatic rings. The Morgan fingerprint density at radius 3 is 2.55 bits per heavy atom. The van der Waals surface area contributed by atoms with E-state index in [0.29, 0.717) is 28.8 Å². The van der Waals surface area contributed by atoms with Gasteiger partial charge in [0.25, 0.3) is 5.91 Å². The quantitative estimate of drug-likeness (QED) is 0.521. The van der Waals surface area contributed by atoms with Crippen LogP contribution in [0.3, 0.4) is 0 Å². The van der Waals surface area contributed by atoms with Crippen LogP contribution in [0.4, 0.5) is 5.13 Å². The molecular formula is C20H22ClN3O3S2. The third-order valence-corrected chi connectivity index (χ3v) is 7.60. The lowest BCUT2D eigenvalue weighted by molar-refractivity contribution is 0.102. The lowest BCUT2D eigenvalue weighted by atomic mass is 10.2. The van der Waals surface area contributed by atoms with Gasteiger partial charge >= 0.3 is 0 Å². The first-order chi connectivity index (χ1) is 13.8. The number of anilines is 1. The van der Waals surface area contributed by atoms with Crippen LogP contribution in [-0.4, -0.2) is 36.7 Å². The number of sulfonamides is 1. The van der Waals surface area contributed by atoms with Gasteiger partial charge in [0.1, 0.15) is 0 Å². The number of benzene rings is 2. The Morgan fingerprint density at radius 1 is 1.17 bits per heavy atom. The zero-order valence-corrected chi connectivity index (χ0v) is 18.6. The topological polar surface area (TPSA) is 79.4 Å². The summed E-state index contributed by atoms with van der Waals surface area (Å²) in [4.78, 5) is 17.1. The second kappa shape index (κ2) is 9.21. The zero-order chi connectivity index (χ0) is 21.0. The number of carbonyl (C=O) groups is 1. The highest BCUT2D eigenvalue weighted by Crippen LogP contribution is 2.28. The maximum Gasteiger partial charge on any atom is 0.257 e. The number of aromatic nitrogens is 1. The van der Waals surface area contributed by atoms with E-state index in [4.69, 9.17) is 11.6 Å². The van der Waals surface area contributed by atoms with Crippen LogP contribution in [0.25, 0.3) is 10.2 Å². The molecule has 6 nitrogen and oxygen atoms in total. The van der Waals surface area contributed by atoms with Gasteiger partial charge in [0, 0.05) is 23.7 Å². The highest BCUT2D eigenvalue weighted by Gasteiger charge is 2.22. The second-order valence-electron chi connectivity index (χ2n) is 6.46. The molecule has 0 bridgehead atoms. The molecule has 1 N–H and O–H groups in total. The summed E-state index contributed by atoms with van der Waals surface area (Å²) in [5.41, 5.74) is 1.11. The number of thiazole rings is 1. The first-order valence-electron chi connectivity index (χ1n) is 9.32. The van der Waals surface area contributed by atoms with Crippen LogP contribution in [0.15, 0.2) is 47.4 Å². The Balaban J connectivity index is 1.75. The number of nitrogens with zero attached hydrogens (tertiary/aromatic N) is 2. The molecule has 0 fully saturated rings. The fourth-order valence-corrected chi connectivity index (χ4v) is 5.46. The van der Waals surface area contributed by atoms with Crippen molar-refractivity contribution < 1.29 is 13.2 Å². The van der Waals surface area contributed by atoms with E-state index in [-0.39, 0.29) is 10.8 Å². The van der Waals surface area contributed by atoms with Crippen molar-refractivity contribution in [3.05, 3.63) is 53.1 Å². The lowest BCUT2D eigenvalue weighted by Gasteiger charge is -2.20. The van der Waals surface area contributed by atoms with Crippen LogP contribution in [-0.2, 0) is 10.0 Å². The van der Waals surface area contributed by atoms with Crippen molar-refractivity contribution in [2.75, 3.05) is 18.4 Å². The monoisotopic (exact) mass is 451 g/mol. The Labute approximate surface area is 179 Å². The average Bonchev–Trinajstić information content (AvgIpc) is 3.09. The van der Waals surface area contributed by atoms with E-state index in [1.54, 1.807) is 18.2 Å². The van der Waals surface area contributed by atoms with Crippen LogP contribution >= 0.6 is 22.9 Å². The van der Waals surface area contributed by atoms with E-state index in [9.17, 15) is 13.2 Å². The third kappa shape index (κ3) is 4.95. The number of hydrogen-bond donors (Lipinski definition) is 1. The summed E-state index contributed by atoms with van der Waals surface area (Å²) in [6.07, 6.45) is 1.73. The summed E-state index contributed by atoms with van der Waals surface area (Å²) in [5.74, 6) is -0.350. The zero-order valence-electron chi connectivity index (χ0n) is 16.2. The van der Waals surface area contributed by atoms with Gasteiger partial charge in [-0.3, -0.25) is 10.1 Å². The maximum atomic E-state index is 12.8. The van der Waals surface area contributed by atoms with Crippen molar-refractivity contribution >= 4 is 54.2 Å². The van der Waals surface area contributed by atoms with E-state index in [0.717, 1.165) is 23.1 Å². The summed E-state index contributed by atoms with van der Waals surface area (Å²) in [6, 6.07) is 11.3. The highest BCUT2D eigenvalue weighted by molar-refractivity contribution is 7.89. The number of rotatable bonds is 8. The van der Waals surface area contributed by atoms with Crippen molar-refractivity contribution in [1.82, 2.24) is 9.29 Å². The number of amides is 1. The van der Waals surface area contributed by atoms with Gasteiger partial charge in [0.05, 0.1) is 15.1 Å². The fraction of sp³-hybridized carbons (Fsp3) is 0.300. The molecule has 3 aromatic rings. The molecule has 0 saturated heterocycles. The van der Waals surface area contributed by atoms with Crippen molar-refractivity contribution in [1.29, 1.82) is 0 Å². The number of hydrogen-bond acceptors (Lipinski definition) is 5. The van der Waals surface area contributed by atoms with Gasteiger partial charge in [-0.1, -0.05) is 43.2 Å². The van der Waals surface area contributed by atoms with Gasteiger partial charge in [-0.15, -0.1) is 0 Å². The normalized spacial score (nSPS) is 11.9. The summed E-state index contributed by atoms with van der Waals surface area (Å²) >= 11 is 7.31. The molecule has 9 heteroatoms. The van der Waals surface area contributed by atoms with Gasteiger partial charge in [0.15, 0.2) is 5.13 Å². The molecule has 0 unspecified atom stereocenters. The van der Waals surface area contributed by atoms with E-state index in [1.165, 1.54) is 39.9 Å². The van der Waals surface area contributed by atoms with Crippen LogP contribution in [0.5, 0.6) is 0 Å². The number of halogens is 1. The van der Waals surface area contributed by atoms with Gasteiger partial charge in [-0.2, -0.15) is 4.31 Å². The largest absolute Gasteiger partial charge is 0.298 e. The Morgan fingerprint density at radius 2 is 1.90 bits per heavy atom. The maximum absolute atomic E-state index is 12.8. The fourth-order valence-electron chi connectivity index (χ4n) is 2.83. The van der Waals surface area contributed by atoms with E-state index < -0.39 is 10.0 Å². The van der Waals surface area contributed by atoms with Crippen LogP contribution in [0.1, 0.15) is 37.0 Å². The minimum absolute atomic E-state index is 0.182. The summed E-state index contributed by atoms with van der Waals surface area (Å²) in [7, 11) is -3.57. The van der Waals surface area contributed by atoms with E-state index in [2.05, 4.69) is 10.3 Å². The van der Waals surface area contributed by atoms with Gasteiger partial charge in [-0.05, 0) is 48.9 Å². The number of unbranched alkanes of at least 4 members (excludes halogenated alkanes) is 1. The van der Waals surface area contributed by atoms with Crippen molar-refractivity contribution in [3.8, 4) is 0 Å². The van der Waals surface area contributed by atoms with Crippen LogP contribution < -0.4 is 5.32 Å². The van der Waals surface area contributed by atoms with E-state index >= 15 is 0 Å². The van der Waals surface area contributed by atoms with Crippen molar-refractivity contribution in [3.63, 3.8) is 0 Å². The lowest BCUT2D eigenvalue weighted by Crippen LogP contribution is -2.31. The Hall–Kier alpha value is -2.00. The van der Waals surface area contributed by atoms with Crippen LogP contribution in [0.2, 0.25) is 5.02 Å². The first kappa shape index (κ1) is 21.7. The molecule has 1 aromatic heterocycles. The van der Waals surface area contributed by atoms with Crippen molar-refractivity contribution in [2.45, 2.75) is 31.6 Å². The second-order valence-corrected chi connectivity index (χ2v) is 9.86. The number of fused-ring (bicyclic) bond motifs is 1. The van der Waals surface area contributed by atoms with Crippen LogP contribution in [0, 0.1) is 0 Å². The Bertz CT molecular complexity index is 1110. The van der Waals surface area contributed by atoms with E-state index in [1.807, 2.05) is 13.8 Å². The minimum Gasteiger partial charge on any atom is -0.298 e. The molecule has 3 rings (SSSR count). The average molecular weight is 452 g/mol. The predicted molar refractivity (Wildman–Crippen MR) is 118 cm³/mol. The predicted octanol–water partition coefficient (Wildman–Crippen LogP) is 5.01. The standard InChI is InChI=1S/C20H22ClN3O3S2/c1-3-5-12-24(4-2)29(26,27)16-9-6-14(7-10-16)19(25)23-20-22-17-11-8-15(21)13-18(17)28-20/h6-11,13H,3-5,12H2,1-2H3,(H,22,23,25). The molecule has 0 aliphatic heterocycles.